The van der Waals surface area contributed by atoms with Crippen LogP contribution in [0.4, 0.5) is 4.79 Å². The average molecular weight is 519 g/mol. The van der Waals surface area contributed by atoms with Crippen LogP contribution in [0, 0.1) is 0 Å². The van der Waals surface area contributed by atoms with Crippen molar-refractivity contribution in [1.82, 2.24) is 5.32 Å². The van der Waals surface area contributed by atoms with Gasteiger partial charge in [-0.05, 0) is 46.5 Å². The second-order valence-corrected chi connectivity index (χ2v) is 9.43. The summed E-state index contributed by atoms with van der Waals surface area (Å²) in [7, 11) is -1.13. The quantitative estimate of drug-likeness (QED) is 0.195. The molecule has 0 spiro atoms. The van der Waals surface area contributed by atoms with E-state index < -0.39 is 46.5 Å². The Hall–Kier alpha value is -3.97. The van der Waals surface area contributed by atoms with E-state index in [1.54, 1.807) is 6.07 Å². The summed E-state index contributed by atoms with van der Waals surface area (Å²) in [6, 6.07) is 4.85. The molecule has 2 aromatic carbocycles. The normalized spacial score (nSPS) is 17.6. The molecule has 2 aliphatic rings. The summed E-state index contributed by atoms with van der Waals surface area (Å²) in [5.74, 6) is -0.446. The number of hydrogen-bond donors (Lipinski definition) is 3. The number of methoxy groups -OCH3 is 1. The van der Waals surface area contributed by atoms with E-state index in [4.69, 9.17) is 19.6 Å². The van der Waals surface area contributed by atoms with Crippen molar-refractivity contribution in [3.05, 3.63) is 73.7 Å². The lowest BCUT2D eigenvalue weighted by Gasteiger charge is -2.23. The third-order valence-corrected chi connectivity index (χ3v) is 6.26. The molecule has 0 bridgehead atoms. The fourth-order valence-electron chi connectivity index (χ4n) is 4.28. The van der Waals surface area contributed by atoms with Gasteiger partial charge in [0.1, 0.15) is 5.75 Å². The minimum atomic E-state index is -3.91. The number of amides is 1. The van der Waals surface area contributed by atoms with Gasteiger partial charge in [-0.3, -0.25) is 13.8 Å². The van der Waals surface area contributed by atoms with Crippen molar-refractivity contribution in [2.45, 2.75) is 25.2 Å². The SMILES string of the molecule is CNC(=O)O.COc1ccc2c(c1)C(=O)c1c(cc(CO)c3c1CC(OS(C)(=O)=O)C3N=[N+]=[N-])C2=O. The molecule has 2 aromatic rings. The van der Waals surface area contributed by atoms with E-state index in [-0.39, 0.29) is 34.2 Å². The van der Waals surface area contributed by atoms with Crippen LogP contribution < -0.4 is 10.1 Å². The number of nitrogens with one attached hydrogen (secondary N) is 1. The van der Waals surface area contributed by atoms with Crippen molar-refractivity contribution in [2.75, 3.05) is 20.4 Å². The second-order valence-electron chi connectivity index (χ2n) is 7.83. The molecule has 0 aliphatic heterocycles. The van der Waals surface area contributed by atoms with E-state index in [9.17, 15) is 27.9 Å². The van der Waals surface area contributed by atoms with Gasteiger partial charge in [-0.1, -0.05) is 5.11 Å². The standard InChI is InChI=1S/C20H17N3O7S.C2H5NO2/c1-29-10-3-4-11-12(6-10)20(26)17-13-7-15(30-31(2,27)28)18(22-23-21)16(13)9(8-24)5-14(17)19(11)25;1-3-2(4)5/h3-6,15,18,24H,7-8H2,1-2H3;3H,1H3,(H,4,5). The van der Waals surface area contributed by atoms with Crippen molar-refractivity contribution in [3.63, 3.8) is 0 Å². The highest BCUT2D eigenvalue weighted by Crippen LogP contribution is 2.45. The second kappa shape index (κ2) is 10.3. The van der Waals surface area contributed by atoms with E-state index in [0.29, 0.717) is 16.9 Å². The van der Waals surface area contributed by atoms with Gasteiger partial charge in [0, 0.05) is 40.6 Å². The van der Waals surface area contributed by atoms with Crippen LogP contribution in [0.25, 0.3) is 10.4 Å². The van der Waals surface area contributed by atoms with Gasteiger partial charge in [-0.15, -0.1) is 0 Å². The van der Waals surface area contributed by atoms with Crippen LogP contribution in [0.5, 0.6) is 5.75 Å². The summed E-state index contributed by atoms with van der Waals surface area (Å²) in [5, 5.41) is 23.1. The minimum absolute atomic E-state index is 0.0828. The first kappa shape index (κ1) is 26.6. The first-order chi connectivity index (χ1) is 17.0. The molecule has 3 N–H and O–H groups in total. The van der Waals surface area contributed by atoms with Crippen LogP contribution in [0.2, 0.25) is 0 Å². The smallest absolute Gasteiger partial charge is 0.404 e. The third-order valence-electron chi connectivity index (χ3n) is 5.66. The van der Waals surface area contributed by atoms with E-state index >= 15 is 0 Å². The van der Waals surface area contributed by atoms with Gasteiger partial charge in [0.15, 0.2) is 11.6 Å². The van der Waals surface area contributed by atoms with Crippen LogP contribution in [-0.4, -0.2) is 62.8 Å². The first-order valence-corrected chi connectivity index (χ1v) is 12.2. The van der Waals surface area contributed by atoms with Crippen LogP contribution in [0.15, 0.2) is 29.4 Å². The maximum Gasteiger partial charge on any atom is 0.404 e. The molecule has 0 heterocycles. The number of carbonyl (C=O) groups is 3. The van der Waals surface area contributed by atoms with E-state index in [2.05, 4.69) is 10.0 Å². The van der Waals surface area contributed by atoms with Crippen molar-refractivity contribution < 1.29 is 41.9 Å². The van der Waals surface area contributed by atoms with Crippen molar-refractivity contribution in [1.29, 1.82) is 0 Å². The van der Waals surface area contributed by atoms with E-state index in [0.717, 1.165) is 6.26 Å². The zero-order valence-corrected chi connectivity index (χ0v) is 20.2. The lowest BCUT2D eigenvalue weighted by atomic mass is 9.79. The number of aliphatic hydroxyl groups excluding tert-OH is 1. The van der Waals surface area contributed by atoms with Crippen molar-refractivity contribution in [3.8, 4) is 5.75 Å². The summed E-state index contributed by atoms with van der Waals surface area (Å²) < 4.78 is 33.8. The van der Waals surface area contributed by atoms with Crippen molar-refractivity contribution >= 4 is 27.8 Å². The van der Waals surface area contributed by atoms with Gasteiger partial charge in [0.2, 0.25) is 0 Å². The highest BCUT2D eigenvalue weighted by Gasteiger charge is 2.43. The lowest BCUT2D eigenvalue weighted by molar-refractivity contribution is 0.0977. The Morgan fingerprint density at radius 3 is 2.42 bits per heavy atom. The van der Waals surface area contributed by atoms with Gasteiger partial charge in [-0.25, -0.2) is 4.79 Å². The number of ketones is 2. The number of benzene rings is 2. The molecule has 0 radical (unpaired) electrons. The Labute approximate surface area is 205 Å². The molecule has 2 aliphatic carbocycles. The van der Waals surface area contributed by atoms with Gasteiger partial charge >= 0.3 is 6.09 Å². The first-order valence-electron chi connectivity index (χ1n) is 10.4. The minimum Gasteiger partial charge on any atom is -0.497 e. The lowest BCUT2D eigenvalue weighted by Crippen LogP contribution is -2.24. The predicted molar refractivity (Wildman–Crippen MR) is 125 cm³/mol. The largest absolute Gasteiger partial charge is 0.497 e. The molecule has 1 amide bonds. The molecule has 2 unspecified atom stereocenters. The Balaban J connectivity index is 0.000000658. The highest BCUT2D eigenvalue weighted by atomic mass is 32.2. The molecule has 0 aromatic heterocycles. The maximum absolute atomic E-state index is 13.4. The number of hydrogen-bond acceptors (Lipinski definition) is 9. The fourth-order valence-corrected chi connectivity index (χ4v) is 4.90. The molecule has 36 heavy (non-hydrogen) atoms. The number of azide groups is 1. The van der Waals surface area contributed by atoms with Gasteiger partial charge in [0.05, 0.1) is 32.1 Å². The Morgan fingerprint density at radius 2 is 1.89 bits per heavy atom. The number of aliphatic hydroxyl groups is 1. The van der Waals surface area contributed by atoms with Crippen LogP contribution >= 0.6 is 0 Å². The monoisotopic (exact) mass is 518 g/mol. The summed E-state index contributed by atoms with van der Waals surface area (Å²) >= 11 is 0. The molecule has 4 rings (SSSR count). The molecular weight excluding hydrogens is 496 g/mol. The zero-order valence-electron chi connectivity index (χ0n) is 19.4. The zero-order chi connectivity index (χ0) is 26.8. The Morgan fingerprint density at radius 1 is 1.22 bits per heavy atom. The molecule has 2 atom stereocenters. The number of carboxylic acid groups (broad SMARTS) is 1. The van der Waals surface area contributed by atoms with Crippen molar-refractivity contribution in [2.24, 2.45) is 5.11 Å². The van der Waals surface area contributed by atoms with Crippen LogP contribution in [-0.2, 0) is 27.3 Å². The van der Waals surface area contributed by atoms with Gasteiger partial charge in [0.25, 0.3) is 10.1 Å². The molecule has 190 valence electrons. The van der Waals surface area contributed by atoms with Gasteiger partial charge in [-0.2, -0.15) is 8.42 Å². The van der Waals surface area contributed by atoms with Crippen LogP contribution in [0.1, 0.15) is 54.6 Å². The average Bonchev–Trinajstić information content (AvgIpc) is 3.17. The Bertz CT molecular complexity index is 1420. The highest BCUT2D eigenvalue weighted by molar-refractivity contribution is 7.86. The molecule has 14 heteroatoms. The Kier molecular flexibility index (Phi) is 7.65. The van der Waals surface area contributed by atoms with E-state index in [1.165, 1.54) is 32.4 Å². The van der Waals surface area contributed by atoms with Crippen LogP contribution in [0.3, 0.4) is 0 Å². The summed E-state index contributed by atoms with van der Waals surface area (Å²) in [5.41, 5.74) is 10.5. The summed E-state index contributed by atoms with van der Waals surface area (Å²) in [4.78, 5) is 38.6. The fraction of sp³-hybridized carbons (Fsp3) is 0.318. The number of nitrogens with zero attached hydrogens (tertiary/aromatic N) is 3. The summed E-state index contributed by atoms with van der Waals surface area (Å²) in [6.45, 7) is -0.504. The predicted octanol–water partition coefficient (Wildman–Crippen LogP) is 2.10. The molecule has 0 fully saturated rings. The molecular formula is C22H22N4O9S. The number of ether oxygens (including phenoxy) is 1. The summed E-state index contributed by atoms with van der Waals surface area (Å²) in [6.07, 6.45) is -1.32. The third kappa shape index (κ3) is 5.02. The van der Waals surface area contributed by atoms with Gasteiger partial charge < -0.3 is 20.3 Å². The maximum atomic E-state index is 13.4. The number of fused-ring (bicyclic) bond motifs is 4. The molecule has 0 saturated carbocycles. The topological polar surface area (TPSA) is 205 Å². The van der Waals surface area contributed by atoms with E-state index in [1.807, 2.05) is 5.32 Å². The molecule has 13 nitrogen and oxygen atoms in total. The number of rotatable bonds is 5. The molecule has 0 saturated heterocycles. The number of carbonyl (C=O) groups excluding carboxylic acids is 2.